The molecule has 0 radical (unpaired) electrons. The van der Waals surface area contributed by atoms with Gasteiger partial charge in [0.25, 0.3) is 0 Å². The molecule has 1 heterocycles. The SMILES string of the molecule is O=S(O)c1cccc2c1CCNC2.[NaH]. The molecule has 0 bridgehead atoms. The second-order valence-corrected chi connectivity index (χ2v) is 4.01. The molecular formula is C9H12NNaO2S. The van der Waals surface area contributed by atoms with Gasteiger partial charge >= 0.3 is 29.6 Å². The first-order valence-electron chi connectivity index (χ1n) is 4.21. The van der Waals surface area contributed by atoms with Gasteiger partial charge in [0.05, 0.1) is 4.90 Å². The summed E-state index contributed by atoms with van der Waals surface area (Å²) in [7, 11) is 0. The zero-order chi connectivity index (χ0) is 9.26. The molecule has 0 saturated heterocycles. The number of hydrogen-bond acceptors (Lipinski definition) is 2. The van der Waals surface area contributed by atoms with Gasteiger partial charge in [0.1, 0.15) is 0 Å². The summed E-state index contributed by atoms with van der Waals surface area (Å²) in [6.45, 7) is 1.70. The van der Waals surface area contributed by atoms with E-state index in [9.17, 15) is 4.21 Å². The Morgan fingerprint density at radius 2 is 2.21 bits per heavy atom. The summed E-state index contributed by atoms with van der Waals surface area (Å²) >= 11 is -1.85. The molecule has 1 aliphatic rings. The van der Waals surface area contributed by atoms with Gasteiger partial charge in [-0.2, -0.15) is 0 Å². The van der Waals surface area contributed by atoms with E-state index >= 15 is 0 Å². The van der Waals surface area contributed by atoms with Crippen molar-refractivity contribution in [1.29, 1.82) is 0 Å². The van der Waals surface area contributed by atoms with Crippen LogP contribution in [0.2, 0.25) is 0 Å². The van der Waals surface area contributed by atoms with Gasteiger partial charge in [0, 0.05) is 6.54 Å². The molecule has 72 valence electrons. The Morgan fingerprint density at radius 1 is 1.43 bits per heavy atom. The molecule has 2 N–H and O–H groups in total. The van der Waals surface area contributed by atoms with Crippen molar-refractivity contribution in [3.8, 4) is 0 Å². The molecule has 1 aromatic carbocycles. The molecule has 0 saturated carbocycles. The van der Waals surface area contributed by atoms with E-state index in [1.54, 1.807) is 6.07 Å². The molecule has 0 spiro atoms. The van der Waals surface area contributed by atoms with Gasteiger partial charge < -0.3 is 9.87 Å². The summed E-state index contributed by atoms with van der Waals surface area (Å²) in [6, 6.07) is 5.55. The third-order valence-electron chi connectivity index (χ3n) is 2.29. The van der Waals surface area contributed by atoms with Crippen LogP contribution < -0.4 is 5.32 Å². The maximum absolute atomic E-state index is 11.0. The standard InChI is InChI=1S/C9H11NO2S.Na.H/c11-13(12)9-3-1-2-7-6-10-5-4-8(7)9;;/h1-3,10H,4-6H2,(H,11,12);;. The molecule has 0 aromatic heterocycles. The molecule has 5 heteroatoms. The van der Waals surface area contributed by atoms with Gasteiger partial charge in [-0.15, -0.1) is 0 Å². The average Bonchev–Trinajstić information content (AvgIpc) is 2.17. The number of rotatable bonds is 1. The fourth-order valence-corrected chi connectivity index (χ4v) is 2.30. The average molecular weight is 221 g/mol. The molecule has 1 aromatic rings. The molecule has 1 unspecified atom stereocenters. The Balaban J connectivity index is 0.000000980. The second-order valence-electron chi connectivity index (χ2n) is 3.07. The van der Waals surface area contributed by atoms with Crippen molar-refractivity contribution in [1.82, 2.24) is 5.32 Å². The Bertz CT molecular complexity index is 357. The fraction of sp³-hybridized carbons (Fsp3) is 0.333. The minimum atomic E-state index is -1.85. The molecule has 0 aliphatic carbocycles. The fourth-order valence-electron chi connectivity index (χ4n) is 1.66. The summed E-state index contributed by atoms with van der Waals surface area (Å²) < 4.78 is 20.0. The van der Waals surface area contributed by atoms with Gasteiger partial charge in [-0.3, -0.25) is 0 Å². The summed E-state index contributed by atoms with van der Waals surface area (Å²) in [5, 5.41) is 3.23. The van der Waals surface area contributed by atoms with Crippen molar-refractivity contribution in [3.05, 3.63) is 29.3 Å². The van der Waals surface area contributed by atoms with Gasteiger partial charge in [0.2, 0.25) is 0 Å². The van der Waals surface area contributed by atoms with Gasteiger partial charge in [-0.05, 0) is 30.2 Å². The van der Waals surface area contributed by atoms with Crippen molar-refractivity contribution in [2.45, 2.75) is 17.9 Å². The van der Waals surface area contributed by atoms with E-state index in [4.69, 9.17) is 4.55 Å². The summed E-state index contributed by atoms with van der Waals surface area (Å²) in [4.78, 5) is 0.569. The third kappa shape index (κ3) is 2.45. The first-order chi connectivity index (χ1) is 6.29. The maximum atomic E-state index is 11.0. The van der Waals surface area contributed by atoms with E-state index in [1.807, 2.05) is 12.1 Å². The Kier molecular flexibility index (Phi) is 4.76. The Morgan fingerprint density at radius 3 is 2.93 bits per heavy atom. The Hall–Kier alpha value is 0.290. The van der Waals surface area contributed by atoms with E-state index in [-0.39, 0.29) is 29.6 Å². The van der Waals surface area contributed by atoms with Crippen molar-refractivity contribution in [3.63, 3.8) is 0 Å². The monoisotopic (exact) mass is 221 g/mol. The van der Waals surface area contributed by atoms with E-state index in [0.717, 1.165) is 30.6 Å². The second kappa shape index (κ2) is 5.39. The van der Waals surface area contributed by atoms with Crippen molar-refractivity contribution in [2.24, 2.45) is 0 Å². The van der Waals surface area contributed by atoms with Gasteiger partial charge in [0.15, 0.2) is 11.1 Å². The van der Waals surface area contributed by atoms with E-state index in [1.165, 1.54) is 0 Å². The number of hydrogen-bond donors (Lipinski definition) is 2. The van der Waals surface area contributed by atoms with Crippen LogP contribution in [0.25, 0.3) is 0 Å². The summed E-state index contributed by atoms with van der Waals surface area (Å²) in [5.74, 6) is 0. The first kappa shape index (κ1) is 12.4. The van der Waals surface area contributed by atoms with Crippen LogP contribution in [0.15, 0.2) is 23.1 Å². The quantitative estimate of drug-likeness (QED) is 0.528. The van der Waals surface area contributed by atoms with Crippen molar-refractivity contribution < 1.29 is 8.76 Å². The number of fused-ring (bicyclic) bond motifs is 1. The van der Waals surface area contributed by atoms with Crippen LogP contribution in [0.1, 0.15) is 11.1 Å². The van der Waals surface area contributed by atoms with E-state index < -0.39 is 11.1 Å². The van der Waals surface area contributed by atoms with Crippen LogP contribution in [-0.4, -0.2) is 44.9 Å². The van der Waals surface area contributed by atoms with Crippen LogP contribution in [0.4, 0.5) is 0 Å². The molecule has 0 amide bonds. The molecule has 1 aliphatic heterocycles. The minimum absolute atomic E-state index is 0. The van der Waals surface area contributed by atoms with Crippen LogP contribution in [0, 0.1) is 0 Å². The number of nitrogens with one attached hydrogen (secondary N) is 1. The molecule has 3 nitrogen and oxygen atoms in total. The molecule has 14 heavy (non-hydrogen) atoms. The van der Waals surface area contributed by atoms with Crippen LogP contribution in [0.3, 0.4) is 0 Å². The zero-order valence-electron chi connectivity index (χ0n) is 7.12. The zero-order valence-corrected chi connectivity index (χ0v) is 7.93. The molecule has 1 atom stereocenters. The molecular weight excluding hydrogens is 209 g/mol. The molecule has 2 rings (SSSR count). The molecule has 0 fully saturated rings. The van der Waals surface area contributed by atoms with Crippen LogP contribution in [-0.2, 0) is 24.0 Å². The van der Waals surface area contributed by atoms with Crippen molar-refractivity contribution in [2.75, 3.05) is 6.54 Å². The first-order valence-corrected chi connectivity index (χ1v) is 5.32. The predicted molar refractivity (Wildman–Crippen MR) is 58.0 cm³/mol. The van der Waals surface area contributed by atoms with E-state index in [0.29, 0.717) is 4.90 Å². The predicted octanol–water partition coefficient (Wildman–Crippen LogP) is 0.264. The van der Waals surface area contributed by atoms with Crippen LogP contribution >= 0.6 is 0 Å². The van der Waals surface area contributed by atoms with E-state index in [2.05, 4.69) is 5.32 Å². The number of benzene rings is 1. The van der Waals surface area contributed by atoms with Gasteiger partial charge in [-0.1, -0.05) is 12.1 Å². The van der Waals surface area contributed by atoms with Crippen molar-refractivity contribution >= 4 is 40.6 Å². The van der Waals surface area contributed by atoms with Crippen LogP contribution in [0.5, 0.6) is 0 Å². The summed E-state index contributed by atoms with van der Waals surface area (Å²) in [6.07, 6.45) is 0.845. The van der Waals surface area contributed by atoms with Gasteiger partial charge in [-0.25, -0.2) is 4.21 Å². The third-order valence-corrected chi connectivity index (χ3v) is 3.04. The topological polar surface area (TPSA) is 49.3 Å². The Labute approximate surface area is 108 Å². The summed E-state index contributed by atoms with van der Waals surface area (Å²) in [5.41, 5.74) is 2.19. The normalized spacial score (nSPS) is 16.6.